The number of benzene rings is 2. The maximum absolute atomic E-state index is 14.5. The molecule has 0 aliphatic carbocycles. The molecule has 2 unspecified atom stereocenters. The topological polar surface area (TPSA) is 107 Å². The third-order valence-electron chi connectivity index (χ3n) is 6.55. The molecule has 2 fully saturated rings. The zero-order valence-electron chi connectivity index (χ0n) is 20.8. The molecule has 0 bridgehead atoms. The van der Waals surface area contributed by atoms with Crippen LogP contribution >= 0.6 is 0 Å². The number of carbonyl (C=O) groups is 1. The van der Waals surface area contributed by atoms with E-state index in [2.05, 4.69) is 30.7 Å². The molecule has 2 aromatic carbocycles. The van der Waals surface area contributed by atoms with Crippen molar-refractivity contribution >= 4 is 22.8 Å². The van der Waals surface area contributed by atoms with Gasteiger partial charge >= 0.3 is 6.36 Å². The van der Waals surface area contributed by atoms with Gasteiger partial charge in [0.25, 0.3) is 5.91 Å². The van der Waals surface area contributed by atoms with Gasteiger partial charge in [-0.1, -0.05) is 12.1 Å². The third kappa shape index (κ3) is 6.91. The van der Waals surface area contributed by atoms with Crippen LogP contribution in [-0.4, -0.2) is 67.3 Å². The number of nitrogens with one attached hydrogen (secondary N) is 3. The van der Waals surface area contributed by atoms with Gasteiger partial charge in [-0.25, -0.2) is 14.4 Å². The lowest BCUT2D eigenvalue weighted by Gasteiger charge is -2.32. The number of fused-ring (bicyclic) bond motifs is 1. The number of morpholine rings is 1. The Kier molecular flexibility index (Phi) is 8.10. The number of rotatable bonds is 7. The Hall–Kier alpha value is -3.55. The summed E-state index contributed by atoms with van der Waals surface area (Å²) in [6.45, 7) is 2.63. The molecule has 2 aliphatic heterocycles. The van der Waals surface area contributed by atoms with Gasteiger partial charge in [0.05, 0.1) is 24.3 Å². The number of hydrogen-bond acceptors (Lipinski definition) is 8. The summed E-state index contributed by atoms with van der Waals surface area (Å²) in [6.07, 6.45) is -2.27. The minimum absolute atomic E-state index is 0.195. The number of amides is 1. The fourth-order valence-corrected chi connectivity index (χ4v) is 4.59. The Morgan fingerprint density at radius 3 is 2.67 bits per heavy atom. The molecule has 0 spiro atoms. The highest BCUT2D eigenvalue weighted by Gasteiger charge is 2.33. The fraction of sp³-hybridized carbons (Fsp3) is 0.423. The Bertz CT molecular complexity index is 1310. The van der Waals surface area contributed by atoms with Crippen LogP contribution in [0.3, 0.4) is 0 Å². The molecule has 2 atom stereocenters. The van der Waals surface area contributed by atoms with E-state index in [1.807, 2.05) is 0 Å². The summed E-state index contributed by atoms with van der Waals surface area (Å²) in [5.74, 6) is -2.20. The number of alkyl halides is 3. The zero-order valence-corrected chi connectivity index (χ0v) is 20.8. The van der Waals surface area contributed by atoms with E-state index in [1.165, 1.54) is 6.07 Å². The lowest BCUT2D eigenvalue weighted by Crippen LogP contribution is -2.47. The van der Waals surface area contributed by atoms with Crippen molar-refractivity contribution in [3.8, 4) is 5.75 Å². The molecule has 3 heterocycles. The molecule has 5 rings (SSSR count). The molecule has 208 valence electrons. The summed E-state index contributed by atoms with van der Waals surface area (Å²) in [5.41, 5.74) is 1.08. The lowest BCUT2D eigenvalue weighted by molar-refractivity contribution is -0.275. The highest BCUT2D eigenvalue weighted by atomic mass is 19.4. The predicted octanol–water partition coefficient (Wildman–Crippen LogP) is 3.72. The Morgan fingerprint density at radius 2 is 1.95 bits per heavy atom. The smallest absolute Gasteiger partial charge is 0.403 e. The van der Waals surface area contributed by atoms with E-state index in [9.17, 15) is 22.4 Å². The van der Waals surface area contributed by atoms with E-state index < -0.39 is 36.0 Å². The van der Waals surface area contributed by atoms with Crippen LogP contribution in [0.4, 0.5) is 23.5 Å². The Balaban J connectivity index is 1.37. The van der Waals surface area contributed by atoms with Gasteiger partial charge in [-0.15, -0.1) is 13.2 Å². The van der Waals surface area contributed by atoms with E-state index in [-0.39, 0.29) is 11.6 Å². The van der Waals surface area contributed by atoms with E-state index >= 15 is 0 Å². The fourth-order valence-electron chi connectivity index (χ4n) is 4.59. The summed E-state index contributed by atoms with van der Waals surface area (Å²) in [7, 11) is 0. The number of ether oxygens (including phenoxy) is 3. The molecule has 3 N–H and O–H groups in total. The molecule has 9 nitrogen and oxygen atoms in total. The van der Waals surface area contributed by atoms with Crippen molar-refractivity contribution in [2.45, 2.75) is 37.4 Å². The Morgan fingerprint density at radius 1 is 1.13 bits per heavy atom. The molecule has 0 saturated carbocycles. The van der Waals surface area contributed by atoms with Crippen molar-refractivity contribution in [2.75, 3.05) is 38.2 Å². The highest BCUT2D eigenvalue weighted by molar-refractivity contribution is 5.98. The molecular formula is C26H27F4N5O4. The van der Waals surface area contributed by atoms with Crippen molar-refractivity contribution in [1.29, 1.82) is 0 Å². The minimum Gasteiger partial charge on any atom is -0.403 e. The SMILES string of the molecule is O=C(NC(c1ccc(OC(F)(F)F)c(F)c1)C1CNCCO1)c1ccc2cnc(NC3CCOCC3)nc2c1. The second kappa shape index (κ2) is 11.7. The van der Waals surface area contributed by atoms with Crippen molar-refractivity contribution < 1.29 is 36.6 Å². The lowest BCUT2D eigenvalue weighted by atomic mass is 9.99. The standard InChI is InChI=1S/C26H27F4N5O4/c27-19-11-15(3-4-21(19)39-26(28,29)30)23(22-14-31-7-10-38-22)35-24(36)16-1-2-17-13-32-25(34-20(17)12-16)33-18-5-8-37-9-6-18/h1-4,11-13,18,22-23,31H,5-10,14H2,(H,35,36)(H,32,33,34). The van der Waals surface area contributed by atoms with E-state index in [4.69, 9.17) is 9.47 Å². The third-order valence-corrected chi connectivity index (χ3v) is 6.55. The van der Waals surface area contributed by atoms with E-state index in [0.717, 1.165) is 30.4 Å². The summed E-state index contributed by atoms with van der Waals surface area (Å²) < 4.78 is 67.2. The first-order chi connectivity index (χ1) is 18.7. The quantitative estimate of drug-likeness (QED) is 0.383. The number of aromatic nitrogens is 2. The average molecular weight is 550 g/mol. The van der Waals surface area contributed by atoms with Crippen molar-refractivity contribution in [3.05, 3.63) is 59.5 Å². The molecule has 0 radical (unpaired) electrons. The Labute approximate surface area is 221 Å². The van der Waals surface area contributed by atoms with Crippen LogP contribution in [0.15, 0.2) is 42.6 Å². The predicted molar refractivity (Wildman–Crippen MR) is 133 cm³/mol. The second-order valence-corrected chi connectivity index (χ2v) is 9.30. The second-order valence-electron chi connectivity index (χ2n) is 9.30. The molecule has 39 heavy (non-hydrogen) atoms. The highest BCUT2D eigenvalue weighted by Crippen LogP contribution is 2.30. The van der Waals surface area contributed by atoms with Gasteiger partial charge < -0.3 is 30.2 Å². The summed E-state index contributed by atoms with van der Waals surface area (Å²) >= 11 is 0. The van der Waals surface area contributed by atoms with Crippen LogP contribution in [0.25, 0.3) is 10.9 Å². The van der Waals surface area contributed by atoms with E-state index in [1.54, 1.807) is 24.4 Å². The van der Waals surface area contributed by atoms with Crippen LogP contribution < -0.4 is 20.7 Å². The molecule has 2 saturated heterocycles. The van der Waals surface area contributed by atoms with Crippen LogP contribution in [0.5, 0.6) is 5.75 Å². The average Bonchev–Trinajstić information content (AvgIpc) is 2.93. The van der Waals surface area contributed by atoms with Gasteiger partial charge in [0.2, 0.25) is 5.95 Å². The van der Waals surface area contributed by atoms with Gasteiger partial charge in [0.15, 0.2) is 11.6 Å². The molecule has 2 aliphatic rings. The van der Waals surface area contributed by atoms with Crippen LogP contribution in [-0.2, 0) is 9.47 Å². The maximum Gasteiger partial charge on any atom is 0.573 e. The molecule has 1 amide bonds. The molecule has 13 heteroatoms. The summed E-state index contributed by atoms with van der Waals surface area (Å²) in [6, 6.07) is 7.37. The maximum atomic E-state index is 14.5. The number of hydrogen-bond donors (Lipinski definition) is 3. The van der Waals surface area contributed by atoms with Crippen molar-refractivity contribution in [3.63, 3.8) is 0 Å². The monoisotopic (exact) mass is 549 g/mol. The number of nitrogens with zero attached hydrogens (tertiary/aromatic N) is 2. The molecule has 1 aromatic heterocycles. The summed E-state index contributed by atoms with van der Waals surface area (Å²) in [4.78, 5) is 22.2. The molecule has 3 aromatic rings. The largest absolute Gasteiger partial charge is 0.573 e. The number of halogens is 4. The van der Waals surface area contributed by atoms with Crippen molar-refractivity contribution in [1.82, 2.24) is 20.6 Å². The van der Waals surface area contributed by atoms with Crippen molar-refractivity contribution in [2.24, 2.45) is 0 Å². The first-order valence-corrected chi connectivity index (χ1v) is 12.5. The summed E-state index contributed by atoms with van der Waals surface area (Å²) in [5, 5.41) is 10.0. The van der Waals surface area contributed by atoms with Gasteiger partial charge in [-0.3, -0.25) is 4.79 Å². The number of anilines is 1. The molecular weight excluding hydrogens is 522 g/mol. The number of carbonyl (C=O) groups excluding carboxylic acids is 1. The van der Waals surface area contributed by atoms with E-state index in [0.29, 0.717) is 49.9 Å². The first kappa shape index (κ1) is 27.0. The normalized spacial score (nSPS) is 19.4. The van der Waals surface area contributed by atoms with Gasteiger partial charge in [0, 0.05) is 49.5 Å². The minimum atomic E-state index is -5.04. The van der Waals surface area contributed by atoms with Gasteiger partial charge in [0.1, 0.15) is 0 Å². The van der Waals surface area contributed by atoms with Gasteiger partial charge in [-0.2, -0.15) is 0 Å². The van der Waals surface area contributed by atoms with Crippen LogP contribution in [0.1, 0.15) is 34.8 Å². The van der Waals surface area contributed by atoms with Gasteiger partial charge in [-0.05, 0) is 42.7 Å². The zero-order chi connectivity index (χ0) is 27.4. The van der Waals surface area contributed by atoms with Crippen LogP contribution in [0, 0.1) is 5.82 Å². The first-order valence-electron chi connectivity index (χ1n) is 12.5. The van der Waals surface area contributed by atoms with Crippen LogP contribution in [0.2, 0.25) is 0 Å².